The Kier molecular flexibility index (Phi) is 5.98. The fourth-order valence-corrected chi connectivity index (χ4v) is 3.90. The third kappa shape index (κ3) is 4.99. The van der Waals surface area contributed by atoms with Crippen molar-refractivity contribution in [3.8, 4) is 11.5 Å². The number of carboxylic acid groups (broad SMARTS) is 1. The Hall–Kier alpha value is -2.58. The van der Waals surface area contributed by atoms with Crippen molar-refractivity contribution >= 4 is 16.0 Å². The second-order valence-electron chi connectivity index (χ2n) is 6.17. The lowest BCUT2D eigenvalue weighted by Gasteiger charge is -2.18. The number of nitrogens with one attached hydrogen (secondary N) is 1. The number of fused-ring (bicyclic) bond motifs is 1. The van der Waals surface area contributed by atoms with Crippen molar-refractivity contribution in [3.05, 3.63) is 53.6 Å². The largest absolute Gasteiger partial charge is 0.486 e. The lowest BCUT2D eigenvalue weighted by atomic mass is 10.1. The number of carbonyl (C=O) groups is 1. The highest BCUT2D eigenvalue weighted by Crippen LogP contribution is 2.31. The van der Waals surface area contributed by atoms with Crippen LogP contribution in [0.5, 0.6) is 11.5 Å². The molecular weight excluding hydrogens is 370 g/mol. The van der Waals surface area contributed by atoms with Gasteiger partial charge in [-0.3, -0.25) is 0 Å². The molecule has 8 heteroatoms. The highest BCUT2D eigenvalue weighted by molar-refractivity contribution is 7.89. The Morgan fingerprint density at radius 3 is 2.59 bits per heavy atom. The lowest BCUT2D eigenvalue weighted by Crippen LogP contribution is -2.25. The van der Waals surface area contributed by atoms with E-state index in [9.17, 15) is 13.2 Å². The van der Waals surface area contributed by atoms with Gasteiger partial charge < -0.3 is 14.6 Å². The van der Waals surface area contributed by atoms with Gasteiger partial charge in [0.05, 0.1) is 10.5 Å². The number of unbranched alkanes of at least 4 members (excludes halogenated alkanes) is 1. The van der Waals surface area contributed by atoms with Crippen molar-refractivity contribution in [2.24, 2.45) is 0 Å². The Bertz CT molecular complexity index is 926. The summed E-state index contributed by atoms with van der Waals surface area (Å²) < 4.78 is 38.1. The molecule has 1 heterocycles. The van der Waals surface area contributed by atoms with Crippen LogP contribution < -0.4 is 14.2 Å². The fourth-order valence-electron chi connectivity index (χ4n) is 2.78. The Morgan fingerprint density at radius 1 is 1.04 bits per heavy atom. The molecule has 0 radical (unpaired) electrons. The molecule has 2 aromatic carbocycles. The minimum Gasteiger partial charge on any atom is -0.486 e. The van der Waals surface area contributed by atoms with E-state index in [4.69, 9.17) is 14.6 Å². The van der Waals surface area contributed by atoms with E-state index in [0.29, 0.717) is 19.6 Å². The van der Waals surface area contributed by atoms with Crippen molar-refractivity contribution in [1.82, 2.24) is 4.72 Å². The van der Waals surface area contributed by atoms with E-state index in [1.54, 1.807) is 0 Å². The molecule has 27 heavy (non-hydrogen) atoms. The minimum atomic E-state index is -3.72. The van der Waals surface area contributed by atoms with Crippen LogP contribution in [0.1, 0.15) is 28.8 Å². The summed E-state index contributed by atoms with van der Waals surface area (Å²) in [4.78, 5) is 10.9. The normalized spacial score (nSPS) is 13.3. The molecule has 0 spiro atoms. The number of carboxylic acids is 1. The Morgan fingerprint density at radius 2 is 1.81 bits per heavy atom. The van der Waals surface area contributed by atoms with Crippen LogP contribution in [-0.4, -0.2) is 39.3 Å². The number of ether oxygens (including phenoxy) is 2. The molecule has 2 aromatic rings. The lowest BCUT2D eigenvalue weighted by molar-refractivity contribution is 0.0696. The summed E-state index contributed by atoms with van der Waals surface area (Å²) in [6.07, 6.45) is 2.26. The molecule has 144 valence electrons. The van der Waals surface area contributed by atoms with Gasteiger partial charge in [0.25, 0.3) is 0 Å². The molecule has 0 atom stereocenters. The summed E-state index contributed by atoms with van der Waals surface area (Å²) in [5, 5.41) is 8.97. The summed E-state index contributed by atoms with van der Waals surface area (Å²) in [5.41, 5.74) is 1.05. The first-order chi connectivity index (χ1) is 13.0. The van der Waals surface area contributed by atoms with Gasteiger partial charge in [-0.05, 0) is 55.2 Å². The van der Waals surface area contributed by atoms with E-state index < -0.39 is 16.0 Å². The summed E-state index contributed by atoms with van der Waals surface area (Å²) in [6, 6.07) is 11.1. The molecule has 0 bridgehead atoms. The van der Waals surface area contributed by atoms with Gasteiger partial charge in [-0.15, -0.1) is 0 Å². The van der Waals surface area contributed by atoms with Crippen LogP contribution in [0.15, 0.2) is 47.4 Å². The highest BCUT2D eigenvalue weighted by Gasteiger charge is 2.15. The molecule has 0 saturated carbocycles. The smallest absolute Gasteiger partial charge is 0.335 e. The number of rotatable bonds is 8. The van der Waals surface area contributed by atoms with E-state index in [2.05, 4.69) is 4.72 Å². The molecule has 3 rings (SSSR count). The van der Waals surface area contributed by atoms with Gasteiger partial charge in [0.2, 0.25) is 10.0 Å². The Balaban J connectivity index is 1.48. The molecule has 2 N–H and O–H groups in total. The Labute approximate surface area is 158 Å². The van der Waals surface area contributed by atoms with E-state index in [1.807, 2.05) is 18.2 Å². The molecule has 0 saturated heterocycles. The topological polar surface area (TPSA) is 102 Å². The fraction of sp³-hybridized carbons (Fsp3) is 0.316. The molecule has 0 unspecified atom stereocenters. The van der Waals surface area contributed by atoms with Gasteiger partial charge in [-0.1, -0.05) is 12.1 Å². The summed E-state index contributed by atoms with van der Waals surface area (Å²) in [7, 11) is -3.72. The average Bonchev–Trinajstić information content (AvgIpc) is 2.67. The van der Waals surface area contributed by atoms with Crippen molar-refractivity contribution in [2.75, 3.05) is 19.8 Å². The van der Waals surface area contributed by atoms with Crippen LogP contribution in [0.2, 0.25) is 0 Å². The summed E-state index contributed by atoms with van der Waals surface area (Å²) >= 11 is 0. The van der Waals surface area contributed by atoms with Gasteiger partial charge >= 0.3 is 5.97 Å². The highest BCUT2D eigenvalue weighted by atomic mass is 32.2. The van der Waals surface area contributed by atoms with Crippen LogP contribution in [0.4, 0.5) is 0 Å². The molecule has 1 aliphatic rings. The minimum absolute atomic E-state index is 0.0470. The molecule has 0 amide bonds. The van der Waals surface area contributed by atoms with E-state index >= 15 is 0 Å². The van der Waals surface area contributed by atoms with Crippen LogP contribution >= 0.6 is 0 Å². The average molecular weight is 391 g/mol. The maximum absolute atomic E-state index is 12.3. The van der Waals surface area contributed by atoms with Crippen molar-refractivity contribution in [2.45, 2.75) is 24.2 Å². The SMILES string of the molecule is O=C(O)c1cccc(S(=O)(=O)NCCCCc2ccc3c(c2)OCCO3)c1. The zero-order chi connectivity index (χ0) is 19.3. The third-order valence-electron chi connectivity index (χ3n) is 4.18. The van der Waals surface area contributed by atoms with Crippen LogP contribution in [-0.2, 0) is 16.4 Å². The summed E-state index contributed by atoms with van der Waals surface area (Å²) in [5.74, 6) is 0.339. The zero-order valence-electron chi connectivity index (χ0n) is 14.7. The number of aryl methyl sites for hydroxylation is 1. The zero-order valence-corrected chi connectivity index (χ0v) is 15.5. The van der Waals surface area contributed by atoms with E-state index in [-0.39, 0.29) is 17.0 Å². The number of hydrogen-bond donors (Lipinski definition) is 2. The quantitative estimate of drug-likeness (QED) is 0.670. The molecular formula is C19H21NO6S. The monoisotopic (exact) mass is 391 g/mol. The molecule has 1 aliphatic heterocycles. The second-order valence-corrected chi connectivity index (χ2v) is 7.93. The predicted octanol–water partition coefficient (Wildman–Crippen LogP) is 2.46. The van der Waals surface area contributed by atoms with Gasteiger partial charge in [0, 0.05) is 6.54 Å². The maximum Gasteiger partial charge on any atom is 0.335 e. The third-order valence-corrected chi connectivity index (χ3v) is 5.64. The van der Waals surface area contributed by atoms with E-state index in [0.717, 1.165) is 36.0 Å². The molecule has 7 nitrogen and oxygen atoms in total. The van der Waals surface area contributed by atoms with Gasteiger partial charge in [-0.2, -0.15) is 0 Å². The number of benzene rings is 2. The van der Waals surface area contributed by atoms with Crippen molar-refractivity contribution in [1.29, 1.82) is 0 Å². The molecule has 0 aromatic heterocycles. The van der Waals surface area contributed by atoms with Crippen LogP contribution in [0.3, 0.4) is 0 Å². The molecule has 0 fully saturated rings. The number of aromatic carboxylic acids is 1. The summed E-state index contributed by atoms with van der Waals surface area (Å²) in [6.45, 7) is 1.38. The van der Waals surface area contributed by atoms with Crippen LogP contribution in [0, 0.1) is 0 Å². The van der Waals surface area contributed by atoms with Crippen molar-refractivity contribution < 1.29 is 27.8 Å². The van der Waals surface area contributed by atoms with Crippen molar-refractivity contribution in [3.63, 3.8) is 0 Å². The van der Waals surface area contributed by atoms with E-state index in [1.165, 1.54) is 18.2 Å². The number of sulfonamides is 1. The predicted molar refractivity (Wildman–Crippen MR) is 99.0 cm³/mol. The standard InChI is InChI=1S/C19H21NO6S/c21-19(22)15-5-3-6-16(13-15)27(23,24)20-9-2-1-4-14-7-8-17-18(12-14)26-11-10-25-17/h3,5-8,12-13,20H,1-2,4,9-11H2,(H,21,22). The van der Waals surface area contributed by atoms with Crippen LogP contribution in [0.25, 0.3) is 0 Å². The second kappa shape index (κ2) is 8.41. The maximum atomic E-state index is 12.3. The molecule has 0 aliphatic carbocycles. The number of hydrogen-bond acceptors (Lipinski definition) is 5. The van der Waals surface area contributed by atoms with Gasteiger partial charge in [0.1, 0.15) is 13.2 Å². The van der Waals surface area contributed by atoms with Gasteiger partial charge in [0.15, 0.2) is 11.5 Å². The first kappa shape index (κ1) is 19.2. The van der Waals surface area contributed by atoms with Gasteiger partial charge in [-0.25, -0.2) is 17.9 Å². The first-order valence-electron chi connectivity index (χ1n) is 8.67. The first-order valence-corrected chi connectivity index (χ1v) is 10.2.